The zero-order chi connectivity index (χ0) is 19.9. The average Bonchev–Trinajstić information content (AvgIpc) is 2.70. The minimum Gasteiger partial charge on any atom is -0.378 e. The third kappa shape index (κ3) is 5.09. The highest BCUT2D eigenvalue weighted by Gasteiger charge is 2.10. The first-order chi connectivity index (χ1) is 13.6. The van der Waals surface area contributed by atoms with Gasteiger partial charge in [0.05, 0.1) is 10.0 Å². The van der Waals surface area contributed by atoms with Gasteiger partial charge in [-0.05, 0) is 35.7 Å². The number of benzene rings is 1. The van der Waals surface area contributed by atoms with Crippen LogP contribution < -0.4 is 16.2 Å². The highest BCUT2D eigenvalue weighted by molar-refractivity contribution is 6.42. The predicted molar refractivity (Wildman–Crippen MR) is 113 cm³/mol. The molecular weight excluding hydrogens is 399 g/mol. The Kier molecular flexibility index (Phi) is 6.62. The van der Waals surface area contributed by atoms with Gasteiger partial charge >= 0.3 is 0 Å². The number of hydrogen-bond acceptors (Lipinski definition) is 6. The topological polar surface area (TPSA) is 107 Å². The van der Waals surface area contributed by atoms with E-state index in [1.54, 1.807) is 24.5 Å². The summed E-state index contributed by atoms with van der Waals surface area (Å²) in [7, 11) is 0. The third-order valence-corrected chi connectivity index (χ3v) is 4.71. The summed E-state index contributed by atoms with van der Waals surface area (Å²) in [6, 6.07) is 9.09. The molecule has 0 unspecified atom stereocenters. The van der Waals surface area contributed by atoms with Crippen LogP contribution in [0, 0.1) is 5.41 Å². The Labute approximate surface area is 171 Å². The summed E-state index contributed by atoms with van der Waals surface area (Å²) in [5, 5.41) is 14.6. The second-order valence-corrected chi connectivity index (χ2v) is 6.77. The lowest BCUT2D eigenvalue weighted by atomic mass is 10.2. The van der Waals surface area contributed by atoms with Gasteiger partial charge in [-0.3, -0.25) is 14.8 Å². The third-order valence-electron chi connectivity index (χ3n) is 3.97. The van der Waals surface area contributed by atoms with Crippen molar-refractivity contribution in [3.8, 4) is 0 Å². The number of halogens is 2. The zero-order valence-electron chi connectivity index (χ0n) is 14.8. The monoisotopic (exact) mass is 416 g/mol. The molecule has 0 atom stereocenters. The summed E-state index contributed by atoms with van der Waals surface area (Å²) < 4.78 is 0. The minimum atomic E-state index is -0.351. The number of aromatic amines is 1. The van der Waals surface area contributed by atoms with E-state index < -0.39 is 0 Å². The predicted octanol–water partition coefficient (Wildman–Crippen LogP) is 3.74. The van der Waals surface area contributed by atoms with Crippen LogP contribution in [0.2, 0.25) is 10.0 Å². The van der Waals surface area contributed by atoms with Crippen molar-refractivity contribution in [1.29, 1.82) is 5.41 Å². The normalized spacial score (nSPS) is 10.5. The zero-order valence-corrected chi connectivity index (χ0v) is 16.3. The summed E-state index contributed by atoms with van der Waals surface area (Å²) in [5.41, 5.74) is 2.10. The van der Waals surface area contributed by atoms with Gasteiger partial charge in [0.15, 0.2) is 0 Å². The number of nitrogens with one attached hydrogen (secondary N) is 4. The molecule has 0 radical (unpaired) electrons. The molecule has 2 aromatic heterocycles. The first-order valence-corrected chi connectivity index (χ1v) is 9.28. The Balaban J connectivity index is 1.67. The summed E-state index contributed by atoms with van der Waals surface area (Å²) >= 11 is 11.9. The quantitative estimate of drug-likeness (QED) is 0.418. The van der Waals surface area contributed by atoms with Crippen molar-refractivity contribution < 1.29 is 0 Å². The Morgan fingerprint density at radius 3 is 2.71 bits per heavy atom. The lowest BCUT2D eigenvalue weighted by molar-refractivity contribution is 0.980. The number of nitrogens with zero attached hydrogens (tertiary/aromatic N) is 2. The van der Waals surface area contributed by atoms with Crippen molar-refractivity contribution in [3.05, 3.63) is 79.9 Å². The van der Waals surface area contributed by atoms with E-state index in [4.69, 9.17) is 28.6 Å². The van der Waals surface area contributed by atoms with Crippen LogP contribution in [-0.4, -0.2) is 27.7 Å². The van der Waals surface area contributed by atoms with Gasteiger partial charge in [0.25, 0.3) is 5.56 Å². The molecule has 0 aliphatic rings. The van der Waals surface area contributed by atoms with Gasteiger partial charge in [0.2, 0.25) is 5.95 Å². The SMILES string of the molecule is N=Cc1nc(NCc2ccc(Cl)c(Cl)c2)[nH]c(=O)c1NCCc1cccnc1. The fourth-order valence-electron chi connectivity index (χ4n) is 2.56. The van der Waals surface area contributed by atoms with Crippen LogP contribution in [-0.2, 0) is 13.0 Å². The van der Waals surface area contributed by atoms with Gasteiger partial charge < -0.3 is 16.0 Å². The van der Waals surface area contributed by atoms with Crippen LogP contribution in [0.15, 0.2) is 47.5 Å². The molecule has 0 saturated carbocycles. The van der Waals surface area contributed by atoms with Gasteiger partial charge in [-0.2, -0.15) is 0 Å². The summed E-state index contributed by atoms with van der Waals surface area (Å²) in [6.45, 7) is 0.915. The molecular formula is C19H18Cl2N6O. The van der Waals surface area contributed by atoms with E-state index in [-0.39, 0.29) is 22.9 Å². The van der Waals surface area contributed by atoms with Gasteiger partial charge in [-0.1, -0.05) is 35.3 Å². The van der Waals surface area contributed by atoms with E-state index in [0.29, 0.717) is 29.6 Å². The number of pyridine rings is 1. The minimum absolute atomic E-state index is 0.256. The molecule has 0 aliphatic carbocycles. The van der Waals surface area contributed by atoms with E-state index in [9.17, 15) is 4.79 Å². The van der Waals surface area contributed by atoms with E-state index in [1.807, 2.05) is 18.2 Å². The highest BCUT2D eigenvalue weighted by atomic mass is 35.5. The van der Waals surface area contributed by atoms with E-state index in [0.717, 1.165) is 17.3 Å². The van der Waals surface area contributed by atoms with E-state index >= 15 is 0 Å². The number of rotatable bonds is 8. The Morgan fingerprint density at radius 1 is 1.14 bits per heavy atom. The molecule has 0 spiro atoms. The summed E-state index contributed by atoms with van der Waals surface area (Å²) in [5.74, 6) is 0.271. The number of H-pyrrole nitrogens is 1. The molecule has 144 valence electrons. The highest BCUT2D eigenvalue weighted by Crippen LogP contribution is 2.22. The van der Waals surface area contributed by atoms with Gasteiger partial charge in [0.1, 0.15) is 11.4 Å². The van der Waals surface area contributed by atoms with Crippen LogP contribution in [0.3, 0.4) is 0 Å². The first-order valence-electron chi connectivity index (χ1n) is 8.52. The second kappa shape index (κ2) is 9.34. The van der Waals surface area contributed by atoms with Crippen LogP contribution in [0.4, 0.5) is 11.6 Å². The van der Waals surface area contributed by atoms with E-state index in [1.165, 1.54) is 0 Å². The van der Waals surface area contributed by atoms with E-state index in [2.05, 4.69) is 25.6 Å². The molecule has 4 N–H and O–H groups in total. The molecule has 0 bridgehead atoms. The second-order valence-electron chi connectivity index (χ2n) is 5.96. The number of anilines is 2. The fourth-order valence-corrected chi connectivity index (χ4v) is 2.88. The molecule has 9 heteroatoms. The lowest BCUT2D eigenvalue weighted by Gasteiger charge is -2.11. The Bertz CT molecular complexity index is 1020. The van der Waals surface area contributed by atoms with Crippen LogP contribution in [0.1, 0.15) is 16.8 Å². The van der Waals surface area contributed by atoms with Crippen molar-refractivity contribution in [2.45, 2.75) is 13.0 Å². The first kappa shape index (κ1) is 19.9. The molecule has 3 aromatic rings. The molecule has 1 aromatic carbocycles. The maximum absolute atomic E-state index is 12.4. The number of hydrogen-bond donors (Lipinski definition) is 4. The lowest BCUT2D eigenvalue weighted by Crippen LogP contribution is -2.21. The molecule has 0 aliphatic heterocycles. The van der Waals surface area contributed by atoms with Crippen molar-refractivity contribution in [2.75, 3.05) is 17.2 Å². The fraction of sp³-hybridized carbons (Fsp3) is 0.158. The summed E-state index contributed by atoms with van der Waals surface area (Å²) in [4.78, 5) is 23.5. The Hall–Kier alpha value is -2.90. The Morgan fingerprint density at radius 2 is 2.00 bits per heavy atom. The molecule has 7 nitrogen and oxygen atoms in total. The van der Waals surface area contributed by atoms with Gasteiger partial charge in [-0.15, -0.1) is 0 Å². The summed E-state index contributed by atoms with van der Waals surface area (Å²) in [6.07, 6.45) is 5.23. The van der Waals surface area contributed by atoms with Gasteiger partial charge in [-0.25, -0.2) is 4.98 Å². The van der Waals surface area contributed by atoms with Crippen molar-refractivity contribution in [3.63, 3.8) is 0 Å². The van der Waals surface area contributed by atoms with Crippen LogP contribution >= 0.6 is 23.2 Å². The maximum atomic E-state index is 12.4. The molecule has 3 rings (SSSR count). The molecule has 0 amide bonds. The van der Waals surface area contributed by atoms with Crippen LogP contribution in [0.5, 0.6) is 0 Å². The molecule has 0 saturated heterocycles. The largest absolute Gasteiger partial charge is 0.378 e. The molecule has 28 heavy (non-hydrogen) atoms. The molecule has 2 heterocycles. The van der Waals surface area contributed by atoms with Gasteiger partial charge in [0, 0.05) is 31.7 Å². The van der Waals surface area contributed by atoms with Crippen molar-refractivity contribution in [2.24, 2.45) is 0 Å². The average molecular weight is 417 g/mol. The van der Waals surface area contributed by atoms with Crippen molar-refractivity contribution >= 4 is 41.1 Å². The van der Waals surface area contributed by atoms with Crippen LogP contribution in [0.25, 0.3) is 0 Å². The maximum Gasteiger partial charge on any atom is 0.276 e. The standard InChI is InChI=1S/C19H18Cl2N6O/c20-14-4-3-13(8-15(14)21)11-25-19-26-16(9-22)17(18(28)27-19)24-7-5-12-2-1-6-23-10-12/h1-4,6,8-10,22,24H,5,7,11H2,(H2,25,26,27,28). The number of aromatic nitrogens is 3. The molecule has 0 fully saturated rings. The smallest absolute Gasteiger partial charge is 0.276 e. The van der Waals surface area contributed by atoms with Crippen molar-refractivity contribution in [1.82, 2.24) is 15.0 Å².